The third-order valence-corrected chi connectivity index (χ3v) is 5.43. The van der Waals surface area contributed by atoms with Crippen LogP contribution in [0.5, 0.6) is 0 Å². The summed E-state index contributed by atoms with van der Waals surface area (Å²) >= 11 is 3.03. The van der Waals surface area contributed by atoms with Gasteiger partial charge < -0.3 is 0 Å². The zero-order valence-corrected chi connectivity index (χ0v) is 15.5. The lowest BCUT2D eigenvalue weighted by Gasteiger charge is -2.18. The number of thiazole rings is 1. The van der Waals surface area contributed by atoms with E-state index in [1.807, 2.05) is 36.6 Å². The number of amides is 1. The molecule has 0 radical (unpaired) electrons. The first-order valence-corrected chi connectivity index (χ1v) is 9.59. The van der Waals surface area contributed by atoms with Crippen molar-refractivity contribution in [2.75, 3.05) is 4.90 Å². The number of hydrogen-bond donors (Lipinski definition) is 0. The van der Waals surface area contributed by atoms with Crippen molar-refractivity contribution in [1.29, 1.82) is 0 Å². The van der Waals surface area contributed by atoms with E-state index < -0.39 is 0 Å². The van der Waals surface area contributed by atoms with Crippen molar-refractivity contribution in [2.24, 2.45) is 0 Å². The number of anilines is 2. The number of thioether (sulfide) groups is 1. The zero-order valence-electron chi connectivity index (χ0n) is 13.9. The maximum absolute atomic E-state index is 12.9. The highest BCUT2D eigenvalue weighted by molar-refractivity contribution is 7.98. The minimum Gasteiger partial charge on any atom is -0.274 e. The molecule has 0 aliphatic rings. The first kappa shape index (κ1) is 17.6. The maximum atomic E-state index is 12.9. The molecule has 0 spiro atoms. The molecule has 2 aromatic carbocycles. The molecule has 128 valence electrons. The summed E-state index contributed by atoms with van der Waals surface area (Å²) in [5, 5.41) is 2.62. The lowest BCUT2D eigenvalue weighted by Crippen LogP contribution is -2.22. The standard InChI is InChI=1S/C19H17FN2OS2/c1-13-4-3-5-17(10-13)22(14(2)23)19-21-16(12-25-19)11-24-18-8-6-15(20)7-9-18/h3-10,12H,11H2,1-2H3. The van der Waals surface area contributed by atoms with Crippen LogP contribution in [0.25, 0.3) is 0 Å². The summed E-state index contributed by atoms with van der Waals surface area (Å²) in [6.45, 7) is 3.53. The van der Waals surface area contributed by atoms with E-state index >= 15 is 0 Å². The van der Waals surface area contributed by atoms with E-state index in [9.17, 15) is 9.18 Å². The number of benzene rings is 2. The Bertz CT molecular complexity index is 877. The SMILES string of the molecule is CC(=O)N(c1cccc(C)c1)c1nc(CSc2ccc(F)cc2)cs1. The third-order valence-electron chi connectivity index (χ3n) is 3.51. The Kier molecular flexibility index (Phi) is 5.50. The van der Waals surface area contributed by atoms with Crippen molar-refractivity contribution < 1.29 is 9.18 Å². The van der Waals surface area contributed by atoms with E-state index in [0.29, 0.717) is 10.9 Å². The Morgan fingerprint density at radius 1 is 1.24 bits per heavy atom. The van der Waals surface area contributed by atoms with E-state index in [-0.39, 0.29) is 11.7 Å². The molecule has 0 fully saturated rings. The van der Waals surface area contributed by atoms with Gasteiger partial charge in [-0.25, -0.2) is 9.37 Å². The Balaban J connectivity index is 1.76. The van der Waals surface area contributed by atoms with Gasteiger partial charge in [-0.3, -0.25) is 9.69 Å². The lowest BCUT2D eigenvalue weighted by atomic mass is 10.2. The number of hydrogen-bond acceptors (Lipinski definition) is 4. The van der Waals surface area contributed by atoms with E-state index in [2.05, 4.69) is 4.98 Å². The number of nitrogens with zero attached hydrogens (tertiary/aromatic N) is 2. The van der Waals surface area contributed by atoms with Gasteiger partial charge in [0.1, 0.15) is 5.82 Å². The normalized spacial score (nSPS) is 10.7. The highest BCUT2D eigenvalue weighted by Gasteiger charge is 2.18. The van der Waals surface area contributed by atoms with Crippen molar-refractivity contribution in [1.82, 2.24) is 4.98 Å². The van der Waals surface area contributed by atoms with Gasteiger partial charge in [-0.05, 0) is 48.9 Å². The molecule has 6 heteroatoms. The fourth-order valence-electron chi connectivity index (χ4n) is 2.35. The smallest absolute Gasteiger partial charge is 0.230 e. The Labute approximate surface area is 154 Å². The van der Waals surface area contributed by atoms with Crippen molar-refractivity contribution in [3.05, 3.63) is 71.0 Å². The molecule has 0 saturated carbocycles. The van der Waals surface area contributed by atoms with Crippen LogP contribution in [-0.2, 0) is 10.5 Å². The van der Waals surface area contributed by atoms with Crippen molar-refractivity contribution in [3.8, 4) is 0 Å². The molecular weight excluding hydrogens is 355 g/mol. The summed E-state index contributed by atoms with van der Waals surface area (Å²) in [6, 6.07) is 14.2. The van der Waals surface area contributed by atoms with Gasteiger partial charge in [0.2, 0.25) is 5.91 Å². The van der Waals surface area contributed by atoms with Gasteiger partial charge in [0, 0.05) is 23.0 Å². The number of rotatable bonds is 5. The maximum Gasteiger partial charge on any atom is 0.230 e. The summed E-state index contributed by atoms with van der Waals surface area (Å²) < 4.78 is 12.9. The van der Waals surface area contributed by atoms with Crippen LogP contribution in [0.4, 0.5) is 15.2 Å². The Morgan fingerprint density at radius 2 is 2.00 bits per heavy atom. The van der Waals surface area contributed by atoms with Gasteiger partial charge in [0.15, 0.2) is 5.13 Å². The molecule has 3 rings (SSSR count). The van der Waals surface area contributed by atoms with Crippen LogP contribution in [0.1, 0.15) is 18.2 Å². The molecule has 0 unspecified atom stereocenters. The van der Waals surface area contributed by atoms with Crippen molar-refractivity contribution in [2.45, 2.75) is 24.5 Å². The van der Waals surface area contributed by atoms with E-state index in [4.69, 9.17) is 0 Å². The molecule has 1 aromatic heterocycles. The van der Waals surface area contributed by atoms with Crippen LogP contribution in [0, 0.1) is 12.7 Å². The van der Waals surface area contributed by atoms with Gasteiger partial charge in [-0.1, -0.05) is 12.1 Å². The molecule has 0 saturated heterocycles. The van der Waals surface area contributed by atoms with E-state index in [0.717, 1.165) is 21.8 Å². The van der Waals surface area contributed by atoms with Crippen LogP contribution >= 0.6 is 23.1 Å². The predicted octanol–water partition coefficient (Wildman–Crippen LogP) is 5.57. The van der Waals surface area contributed by atoms with Crippen molar-refractivity contribution in [3.63, 3.8) is 0 Å². The second-order valence-electron chi connectivity index (χ2n) is 5.56. The lowest BCUT2D eigenvalue weighted by molar-refractivity contribution is -0.115. The molecule has 0 aliphatic heterocycles. The third kappa shape index (κ3) is 4.46. The number of halogens is 1. The molecule has 3 aromatic rings. The van der Waals surface area contributed by atoms with Crippen molar-refractivity contribution >= 4 is 39.8 Å². The van der Waals surface area contributed by atoms with E-state index in [1.54, 1.807) is 28.8 Å². The molecule has 0 bridgehead atoms. The van der Waals surface area contributed by atoms with E-state index in [1.165, 1.54) is 30.4 Å². The Hall–Kier alpha value is -2.18. The van der Waals surface area contributed by atoms with Gasteiger partial charge in [0.25, 0.3) is 0 Å². The molecule has 1 amide bonds. The quantitative estimate of drug-likeness (QED) is 0.549. The van der Waals surface area contributed by atoms with Gasteiger partial charge in [0.05, 0.1) is 11.4 Å². The Morgan fingerprint density at radius 3 is 2.68 bits per heavy atom. The monoisotopic (exact) mass is 372 g/mol. The van der Waals surface area contributed by atoms with Crippen LogP contribution in [-0.4, -0.2) is 10.9 Å². The first-order valence-electron chi connectivity index (χ1n) is 7.73. The fourth-order valence-corrected chi connectivity index (χ4v) is 4.13. The minimum atomic E-state index is -0.240. The molecular formula is C19H17FN2OS2. The summed E-state index contributed by atoms with van der Waals surface area (Å²) in [7, 11) is 0. The van der Waals surface area contributed by atoms with Crippen LogP contribution in [0.3, 0.4) is 0 Å². The number of carbonyl (C=O) groups excluding carboxylic acids is 1. The number of aromatic nitrogens is 1. The number of carbonyl (C=O) groups is 1. The molecule has 0 atom stereocenters. The minimum absolute atomic E-state index is 0.0716. The first-order chi connectivity index (χ1) is 12.0. The van der Waals surface area contributed by atoms with Gasteiger partial charge >= 0.3 is 0 Å². The average molecular weight is 372 g/mol. The topological polar surface area (TPSA) is 33.2 Å². The van der Waals surface area contributed by atoms with Crippen LogP contribution in [0.2, 0.25) is 0 Å². The average Bonchev–Trinajstić information content (AvgIpc) is 3.03. The highest BCUT2D eigenvalue weighted by atomic mass is 32.2. The fraction of sp³-hybridized carbons (Fsp3) is 0.158. The summed E-state index contributed by atoms with van der Waals surface area (Å²) in [6.07, 6.45) is 0. The largest absolute Gasteiger partial charge is 0.274 e. The molecule has 0 aliphatic carbocycles. The second-order valence-corrected chi connectivity index (χ2v) is 7.44. The van der Waals surface area contributed by atoms with Crippen LogP contribution in [0.15, 0.2) is 58.8 Å². The predicted molar refractivity (Wildman–Crippen MR) is 102 cm³/mol. The summed E-state index contributed by atoms with van der Waals surface area (Å²) in [4.78, 5) is 19.3. The zero-order chi connectivity index (χ0) is 17.8. The van der Waals surface area contributed by atoms with Gasteiger partial charge in [-0.15, -0.1) is 23.1 Å². The van der Waals surface area contributed by atoms with Crippen LogP contribution < -0.4 is 4.90 Å². The second kappa shape index (κ2) is 7.80. The molecule has 1 heterocycles. The molecule has 0 N–H and O–H groups in total. The molecule has 25 heavy (non-hydrogen) atoms. The summed E-state index contributed by atoms with van der Waals surface area (Å²) in [5.74, 6) is 0.357. The van der Waals surface area contributed by atoms with Gasteiger partial charge in [-0.2, -0.15) is 0 Å². The number of aryl methyl sites for hydroxylation is 1. The molecule has 3 nitrogen and oxygen atoms in total. The highest BCUT2D eigenvalue weighted by Crippen LogP contribution is 2.31. The summed E-state index contributed by atoms with van der Waals surface area (Å²) in [5.41, 5.74) is 2.81.